The molecule has 0 fully saturated rings. The Morgan fingerprint density at radius 1 is 1.19 bits per heavy atom. The average Bonchev–Trinajstić information content (AvgIpc) is 2.68. The number of rotatable bonds is 7. The maximum absolute atomic E-state index is 12.7. The summed E-state index contributed by atoms with van der Waals surface area (Å²) < 4.78 is 5.35. The van der Waals surface area contributed by atoms with Crippen molar-refractivity contribution in [2.45, 2.75) is 20.0 Å². The molecule has 0 saturated carbocycles. The molecule has 0 bridgehead atoms. The normalized spacial score (nSPS) is 15.6. The Morgan fingerprint density at radius 3 is 2.56 bits per heavy atom. The number of carbonyl (C=O) groups is 2. The highest BCUT2D eigenvalue weighted by atomic mass is 16.5. The maximum Gasteiger partial charge on any atom is 0.233 e. The molecule has 2 heterocycles. The molecule has 7 heteroatoms. The van der Waals surface area contributed by atoms with Gasteiger partial charge in [-0.1, -0.05) is 24.3 Å². The van der Waals surface area contributed by atoms with Gasteiger partial charge in [0.2, 0.25) is 11.8 Å². The number of benzene rings is 1. The molecule has 142 valence electrons. The number of carbonyl (C=O) groups excluding carboxylic acids is 2. The third-order valence-electron chi connectivity index (χ3n) is 4.40. The van der Waals surface area contributed by atoms with Crippen molar-refractivity contribution in [2.24, 2.45) is 5.92 Å². The number of amides is 1. The zero-order chi connectivity index (χ0) is 19.2. The van der Waals surface area contributed by atoms with E-state index in [-0.39, 0.29) is 23.9 Å². The van der Waals surface area contributed by atoms with E-state index >= 15 is 0 Å². The molecule has 1 atom stereocenters. The molecule has 0 saturated heterocycles. The van der Waals surface area contributed by atoms with Crippen LogP contribution in [0.5, 0.6) is 5.88 Å². The Hall–Kier alpha value is -2.93. The molecule has 27 heavy (non-hydrogen) atoms. The summed E-state index contributed by atoms with van der Waals surface area (Å²) in [4.78, 5) is 29.5. The summed E-state index contributed by atoms with van der Waals surface area (Å²) >= 11 is 0. The first kappa shape index (κ1) is 18.8. The van der Waals surface area contributed by atoms with E-state index in [9.17, 15) is 9.59 Å². The minimum atomic E-state index is -0.801. The largest absolute Gasteiger partial charge is 0.478 e. The molecule has 1 amide bonds. The number of nitrogens with one attached hydrogen (secondary N) is 3. The fraction of sp³-hybridized carbons (Fsp3) is 0.350. The molecule has 3 N–H and O–H groups in total. The highest BCUT2D eigenvalue weighted by molar-refractivity contribution is 6.13. The van der Waals surface area contributed by atoms with Crippen LogP contribution in [0.2, 0.25) is 0 Å². The number of ketones is 1. The van der Waals surface area contributed by atoms with Crippen LogP contribution in [0.1, 0.15) is 28.5 Å². The Labute approximate surface area is 158 Å². The highest BCUT2D eigenvalue weighted by Crippen LogP contribution is 2.25. The van der Waals surface area contributed by atoms with Crippen molar-refractivity contribution in [1.29, 1.82) is 0 Å². The number of Topliss-reactive ketones (excluding diaryl/α,β-unsaturated/α-hetero) is 1. The van der Waals surface area contributed by atoms with Crippen LogP contribution in [-0.2, 0) is 17.9 Å². The zero-order valence-corrected chi connectivity index (χ0v) is 15.5. The smallest absolute Gasteiger partial charge is 0.233 e. The second kappa shape index (κ2) is 8.64. The molecular weight excluding hydrogens is 344 g/mol. The van der Waals surface area contributed by atoms with E-state index in [1.54, 1.807) is 12.1 Å². The number of ether oxygens (including phenoxy) is 1. The lowest BCUT2D eigenvalue weighted by atomic mass is 9.95. The Balaban J connectivity index is 1.63. The minimum absolute atomic E-state index is 0.253. The number of pyridine rings is 1. The predicted octanol–water partition coefficient (Wildman–Crippen LogP) is 1.74. The van der Waals surface area contributed by atoms with Gasteiger partial charge in [-0.2, -0.15) is 0 Å². The summed E-state index contributed by atoms with van der Waals surface area (Å²) in [5, 5.41) is 9.05. The van der Waals surface area contributed by atoms with Crippen LogP contribution >= 0.6 is 0 Å². The van der Waals surface area contributed by atoms with Gasteiger partial charge in [0.05, 0.1) is 12.3 Å². The predicted molar refractivity (Wildman–Crippen MR) is 103 cm³/mol. The van der Waals surface area contributed by atoms with E-state index in [0.29, 0.717) is 24.7 Å². The Morgan fingerprint density at radius 2 is 1.89 bits per heavy atom. The monoisotopic (exact) mass is 368 g/mol. The van der Waals surface area contributed by atoms with Gasteiger partial charge in [0.1, 0.15) is 11.6 Å². The van der Waals surface area contributed by atoms with E-state index in [1.165, 1.54) is 5.56 Å². The van der Waals surface area contributed by atoms with Crippen molar-refractivity contribution in [3.8, 4) is 5.88 Å². The lowest BCUT2D eigenvalue weighted by Gasteiger charge is -2.23. The van der Waals surface area contributed by atoms with Gasteiger partial charge in [-0.05, 0) is 31.2 Å². The van der Waals surface area contributed by atoms with Crippen molar-refractivity contribution < 1.29 is 14.3 Å². The maximum atomic E-state index is 12.7. The summed E-state index contributed by atoms with van der Waals surface area (Å²) in [6.45, 7) is 3.74. The van der Waals surface area contributed by atoms with E-state index < -0.39 is 5.92 Å². The summed E-state index contributed by atoms with van der Waals surface area (Å²) in [5.74, 6) is -1.01. The van der Waals surface area contributed by atoms with Gasteiger partial charge in [-0.25, -0.2) is 4.98 Å². The van der Waals surface area contributed by atoms with Gasteiger partial charge in [0, 0.05) is 25.7 Å². The molecule has 2 aromatic rings. The van der Waals surface area contributed by atoms with Crippen LogP contribution in [-0.4, -0.2) is 36.9 Å². The summed E-state index contributed by atoms with van der Waals surface area (Å²) in [7, 11) is 1.90. The van der Waals surface area contributed by atoms with Gasteiger partial charge in [0.25, 0.3) is 0 Å². The molecule has 1 aromatic carbocycles. The summed E-state index contributed by atoms with van der Waals surface area (Å²) in [6, 6.07) is 11.4. The van der Waals surface area contributed by atoms with Gasteiger partial charge < -0.3 is 20.7 Å². The summed E-state index contributed by atoms with van der Waals surface area (Å²) in [6.07, 6.45) is 0. The SMILES string of the molecule is CCOc1ccc2c(n1)C(=O)C(C(=O)NCc1ccc(CNC)cc1)CN2. The first-order chi connectivity index (χ1) is 13.1. The molecule has 0 spiro atoms. The van der Waals surface area contributed by atoms with E-state index in [4.69, 9.17) is 4.74 Å². The van der Waals surface area contributed by atoms with E-state index in [2.05, 4.69) is 20.9 Å². The third kappa shape index (κ3) is 4.43. The molecule has 1 aliphatic rings. The molecule has 1 unspecified atom stereocenters. The van der Waals surface area contributed by atoms with Crippen molar-refractivity contribution in [2.75, 3.05) is 25.5 Å². The molecule has 0 aliphatic carbocycles. The molecular formula is C20H24N4O3. The van der Waals surface area contributed by atoms with Gasteiger partial charge >= 0.3 is 0 Å². The topological polar surface area (TPSA) is 92.3 Å². The van der Waals surface area contributed by atoms with Crippen LogP contribution in [0, 0.1) is 5.92 Å². The van der Waals surface area contributed by atoms with Crippen molar-refractivity contribution >= 4 is 17.4 Å². The van der Waals surface area contributed by atoms with Crippen LogP contribution in [0.3, 0.4) is 0 Å². The zero-order valence-electron chi connectivity index (χ0n) is 15.5. The average molecular weight is 368 g/mol. The fourth-order valence-corrected chi connectivity index (χ4v) is 2.97. The lowest BCUT2D eigenvalue weighted by molar-refractivity contribution is -0.123. The lowest BCUT2D eigenvalue weighted by Crippen LogP contribution is -2.42. The first-order valence-corrected chi connectivity index (χ1v) is 9.04. The minimum Gasteiger partial charge on any atom is -0.478 e. The number of fused-ring (bicyclic) bond motifs is 1. The van der Waals surface area contributed by atoms with E-state index in [1.807, 2.05) is 38.2 Å². The van der Waals surface area contributed by atoms with Gasteiger partial charge in [-0.3, -0.25) is 9.59 Å². The van der Waals surface area contributed by atoms with Crippen LogP contribution in [0.4, 0.5) is 5.69 Å². The van der Waals surface area contributed by atoms with Crippen LogP contribution in [0.15, 0.2) is 36.4 Å². The number of anilines is 1. The summed E-state index contributed by atoms with van der Waals surface area (Å²) in [5.41, 5.74) is 3.04. The highest BCUT2D eigenvalue weighted by Gasteiger charge is 2.34. The second-order valence-electron chi connectivity index (χ2n) is 6.34. The van der Waals surface area contributed by atoms with Crippen LogP contribution < -0.4 is 20.7 Å². The van der Waals surface area contributed by atoms with E-state index in [0.717, 1.165) is 12.1 Å². The Bertz CT molecular complexity index is 820. The fourth-order valence-electron chi connectivity index (χ4n) is 2.97. The van der Waals surface area contributed by atoms with Crippen molar-refractivity contribution in [3.05, 3.63) is 53.2 Å². The molecule has 7 nitrogen and oxygen atoms in total. The number of hydrogen-bond donors (Lipinski definition) is 3. The van der Waals surface area contributed by atoms with Crippen molar-refractivity contribution in [1.82, 2.24) is 15.6 Å². The quantitative estimate of drug-likeness (QED) is 0.645. The third-order valence-corrected chi connectivity index (χ3v) is 4.40. The van der Waals surface area contributed by atoms with Gasteiger partial charge in [0.15, 0.2) is 5.78 Å². The molecule has 0 radical (unpaired) electrons. The second-order valence-corrected chi connectivity index (χ2v) is 6.34. The number of nitrogens with zero attached hydrogens (tertiary/aromatic N) is 1. The Kier molecular flexibility index (Phi) is 6.03. The molecule has 1 aromatic heterocycles. The molecule has 3 rings (SSSR count). The number of hydrogen-bond acceptors (Lipinski definition) is 6. The standard InChI is InChI=1S/C20H24N4O3/c1-3-27-17-9-8-16-18(24-17)19(25)15(12-22-16)20(26)23-11-14-6-4-13(5-7-14)10-21-2/h4-9,15,21-22H,3,10-12H2,1-2H3,(H,23,26). The number of aromatic nitrogens is 1. The van der Waals surface area contributed by atoms with Gasteiger partial charge in [-0.15, -0.1) is 0 Å². The van der Waals surface area contributed by atoms with Crippen molar-refractivity contribution in [3.63, 3.8) is 0 Å². The molecule has 1 aliphatic heterocycles. The van der Waals surface area contributed by atoms with Crippen LogP contribution in [0.25, 0.3) is 0 Å². The first-order valence-electron chi connectivity index (χ1n) is 9.04.